The highest BCUT2D eigenvalue weighted by Crippen LogP contribution is 2.31. The lowest BCUT2D eigenvalue weighted by atomic mass is 9.63. The molecule has 5 heteroatoms. The van der Waals surface area contributed by atoms with E-state index in [-0.39, 0.29) is 0 Å². The first-order valence-electron chi connectivity index (χ1n) is 10.0. The van der Waals surface area contributed by atoms with E-state index in [0.29, 0.717) is 17.1 Å². The minimum atomic E-state index is -3.65. The number of hydrogen-bond acceptors (Lipinski definition) is 2. The van der Waals surface area contributed by atoms with Crippen molar-refractivity contribution < 1.29 is 8.42 Å². The van der Waals surface area contributed by atoms with Gasteiger partial charge in [0.15, 0.2) is 7.28 Å². The van der Waals surface area contributed by atoms with E-state index < -0.39 is 10.0 Å². The molecule has 3 nitrogen and oxygen atoms in total. The van der Waals surface area contributed by atoms with Crippen LogP contribution >= 0.6 is 0 Å². The number of nitrogens with zero attached hydrogens (tertiary/aromatic N) is 1. The van der Waals surface area contributed by atoms with E-state index in [1.54, 1.807) is 19.1 Å². The van der Waals surface area contributed by atoms with Gasteiger partial charge in [0.2, 0.25) is 0 Å². The molecule has 0 bridgehead atoms. The molecule has 1 saturated heterocycles. The van der Waals surface area contributed by atoms with E-state index in [0.717, 1.165) is 31.2 Å². The van der Waals surface area contributed by atoms with Gasteiger partial charge in [0.05, 0.1) is 10.6 Å². The van der Waals surface area contributed by atoms with Crippen LogP contribution in [0.4, 0.5) is 0 Å². The number of hydrogen-bond donors (Lipinski definition) is 0. The number of sulfonamides is 1. The zero-order chi connectivity index (χ0) is 21.3. The SMILES string of the molecule is C=C1CCCN(S(=O)(=O)C(/C=C\C(Bc2ccccc2)=C/C)=C/C)/C1=C/C=C\C. The zero-order valence-corrected chi connectivity index (χ0v) is 18.5. The number of piperidine rings is 1. The Labute approximate surface area is 176 Å². The van der Waals surface area contributed by atoms with E-state index in [2.05, 4.69) is 18.7 Å². The molecule has 1 heterocycles. The quantitative estimate of drug-likeness (QED) is 0.491. The highest BCUT2D eigenvalue weighted by molar-refractivity contribution is 7.93. The van der Waals surface area contributed by atoms with Crippen LogP contribution in [0.15, 0.2) is 101 Å². The fourth-order valence-electron chi connectivity index (χ4n) is 3.24. The van der Waals surface area contributed by atoms with Gasteiger partial charge in [0.25, 0.3) is 10.0 Å². The van der Waals surface area contributed by atoms with Crippen LogP contribution in [0.2, 0.25) is 0 Å². The molecule has 152 valence electrons. The summed E-state index contributed by atoms with van der Waals surface area (Å²) in [5, 5.41) is 0. The molecule has 29 heavy (non-hydrogen) atoms. The summed E-state index contributed by atoms with van der Waals surface area (Å²) in [5.41, 5.74) is 3.80. The normalized spacial score (nSPS) is 18.2. The van der Waals surface area contributed by atoms with Gasteiger partial charge in [-0.25, -0.2) is 8.42 Å². The van der Waals surface area contributed by atoms with Gasteiger partial charge in [-0.3, -0.25) is 4.31 Å². The Balaban J connectivity index is 2.29. The van der Waals surface area contributed by atoms with E-state index in [4.69, 9.17) is 0 Å². The van der Waals surface area contributed by atoms with Gasteiger partial charge in [-0.2, -0.15) is 0 Å². The average Bonchev–Trinajstić information content (AvgIpc) is 2.72. The van der Waals surface area contributed by atoms with Gasteiger partial charge in [0, 0.05) is 6.54 Å². The molecule has 0 aromatic heterocycles. The van der Waals surface area contributed by atoms with Crippen LogP contribution in [-0.2, 0) is 10.0 Å². The molecule has 0 unspecified atom stereocenters. The van der Waals surface area contributed by atoms with Crippen LogP contribution in [-0.4, -0.2) is 26.5 Å². The third-order valence-corrected chi connectivity index (χ3v) is 6.80. The van der Waals surface area contributed by atoms with E-state index in [1.807, 2.05) is 62.4 Å². The Kier molecular flexibility index (Phi) is 8.53. The summed E-state index contributed by atoms with van der Waals surface area (Å²) >= 11 is 0. The maximum absolute atomic E-state index is 13.4. The van der Waals surface area contributed by atoms with E-state index in [1.165, 1.54) is 9.77 Å². The molecule has 0 atom stereocenters. The molecular weight excluding hydrogens is 377 g/mol. The second-order valence-corrected chi connectivity index (χ2v) is 8.77. The molecule has 0 radical (unpaired) electrons. The van der Waals surface area contributed by atoms with Crippen LogP contribution in [0.3, 0.4) is 0 Å². The van der Waals surface area contributed by atoms with E-state index in [9.17, 15) is 8.42 Å². The monoisotopic (exact) mass is 407 g/mol. The molecule has 0 spiro atoms. The molecule has 0 amide bonds. The van der Waals surface area contributed by atoms with Crippen molar-refractivity contribution in [1.82, 2.24) is 4.31 Å². The maximum Gasteiger partial charge on any atom is 0.263 e. The minimum absolute atomic E-state index is 0.297. The maximum atomic E-state index is 13.4. The Bertz CT molecular complexity index is 967. The lowest BCUT2D eigenvalue weighted by molar-refractivity contribution is 0.451. The fraction of sp³-hybridized carbons (Fsp3) is 0.250. The van der Waals surface area contributed by atoms with Crippen molar-refractivity contribution in [3.63, 3.8) is 0 Å². The third kappa shape index (κ3) is 5.97. The zero-order valence-electron chi connectivity index (χ0n) is 17.6. The summed E-state index contributed by atoms with van der Waals surface area (Å²) in [5.74, 6) is 0. The second-order valence-electron chi connectivity index (χ2n) is 6.91. The lowest BCUT2D eigenvalue weighted by Gasteiger charge is -2.32. The van der Waals surface area contributed by atoms with Gasteiger partial charge in [-0.15, -0.1) is 0 Å². The summed E-state index contributed by atoms with van der Waals surface area (Å²) in [4.78, 5) is 0.297. The van der Waals surface area contributed by atoms with Crippen molar-refractivity contribution >= 4 is 22.8 Å². The standard InChI is InChI=1S/C24H30BNO2S/c1-5-8-16-24-20(4)13-12-19-26(24)29(27,28)23(7-3)18-17-21(6-2)25-22-14-10-9-11-15-22/h5-11,14-18,25H,4,12-13,19H2,1-3H3/b8-5-,18-17-,21-6+,23-7+,24-16+. The fourth-order valence-corrected chi connectivity index (χ4v) is 4.85. The van der Waals surface area contributed by atoms with Gasteiger partial charge in [0.1, 0.15) is 0 Å². The molecule has 1 aliphatic rings. The summed E-state index contributed by atoms with van der Waals surface area (Å²) in [6.07, 6.45) is 14.5. The summed E-state index contributed by atoms with van der Waals surface area (Å²) < 4.78 is 28.2. The van der Waals surface area contributed by atoms with Gasteiger partial charge >= 0.3 is 0 Å². The third-order valence-electron chi connectivity index (χ3n) is 4.87. The Hall–Kier alpha value is -2.53. The number of allylic oxidation sites excluding steroid dienone is 9. The first-order valence-corrected chi connectivity index (χ1v) is 11.5. The van der Waals surface area contributed by atoms with Gasteiger partial charge in [-0.05, 0) is 51.3 Å². The number of benzene rings is 1. The van der Waals surface area contributed by atoms with Crippen LogP contribution in [0.1, 0.15) is 33.6 Å². The largest absolute Gasteiger partial charge is 0.266 e. The average molecular weight is 407 g/mol. The highest BCUT2D eigenvalue weighted by atomic mass is 32.2. The molecule has 2 rings (SSSR count). The van der Waals surface area contributed by atoms with Gasteiger partial charge in [-0.1, -0.05) is 78.2 Å². The predicted octanol–water partition coefficient (Wildman–Crippen LogP) is 4.55. The van der Waals surface area contributed by atoms with Crippen LogP contribution in [0.5, 0.6) is 0 Å². The summed E-state index contributed by atoms with van der Waals surface area (Å²) in [7, 11) is -2.88. The second kappa shape index (κ2) is 10.9. The number of rotatable bonds is 7. The van der Waals surface area contributed by atoms with Crippen molar-refractivity contribution in [2.45, 2.75) is 33.6 Å². The highest BCUT2D eigenvalue weighted by Gasteiger charge is 2.30. The molecule has 0 N–H and O–H groups in total. The Morgan fingerprint density at radius 2 is 1.83 bits per heavy atom. The minimum Gasteiger partial charge on any atom is -0.266 e. The van der Waals surface area contributed by atoms with Crippen molar-refractivity contribution in [2.24, 2.45) is 0 Å². The smallest absolute Gasteiger partial charge is 0.263 e. The summed E-state index contributed by atoms with van der Waals surface area (Å²) in [6.45, 7) is 10.2. The Morgan fingerprint density at radius 1 is 1.10 bits per heavy atom. The van der Waals surface area contributed by atoms with Crippen molar-refractivity contribution in [2.75, 3.05) is 6.54 Å². The Morgan fingerprint density at radius 3 is 2.45 bits per heavy atom. The van der Waals surface area contributed by atoms with Crippen LogP contribution in [0, 0.1) is 0 Å². The van der Waals surface area contributed by atoms with Crippen molar-refractivity contribution in [3.8, 4) is 0 Å². The molecule has 1 fully saturated rings. The molecule has 1 aromatic carbocycles. The molecule has 1 aromatic rings. The first kappa shape index (κ1) is 22.8. The molecular formula is C24H30BNO2S. The van der Waals surface area contributed by atoms with Crippen molar-refractivity contribution in [1.29, 1.82) is 0 Å². The van der Waals surface area contributed by atoms with Gasteiger partial charge < -0.3 is 0 Å². The molecule has 0 saturated carbocycles. The van der Waals surface area contributed by atoms with E-state index >= 15 is 0 Å². The van der Waals surface area contributed by atoms with Crippen LogP contribution < -0.4 is 5.46 Å². The lowest BCUT2D eigenvalue weighted by Crippen LogP contribution is -2.35. The molecule has 0 aliphatic carbocycles. The predicted molar refractivity (Wildman–Crippen MR) is 127 cm³/mol. The topological polar surface area (TPSA) is 37.4 Å². The van der Waals surface area contributed by atoms with Crippen molar-refractivity contribution in [3.05, 3.63) is 101 Å². The molecule has 1 aliphatic heterocycles. The first-order chi connectivity index (χ1) is 13.9. The summed E-state index contributed by atoms with van der Waals surface area (Å²) in [6, 6.07) is 10.2. The van der Waals surface area contributed by atoms with Crippen LogP contribution in [0.25, 0.3) is 0 Å².